The highest BCUT2D eigenvalue weighted by atomic mass is 32.1. The standard InChI is InChI=1S/C21H18N4OS2/c1-3-18(26)25(20-23-17(13-27-20)15-7-5-4-6-8-15)21-24-19(14(2)28-21)16-9-11-22-12-10-16/h4-13H,3H2,1-2H3. The number of aromatic nitrogens is 3. The van der Waals surface area contributed by atoms with E-state index in [1.165, 1.54) is 22.7 Å². The molecule has 3 heterocycles. The van der Waals surface area contributed by atoms with Gasteiger partial charge in [0.15, 0.2) is 10.3 Å². The lowest BCUT2D eigenvalue weighted by atomic mass is 10.2. The SMILES string of the molecule is CCC(=O)N(c1nc(-c2ccccc2)cs1)c1nc(-c2ccncc2)c(C)s1. The molecule has 3 aromatic heterocycles. The summed E-state index contributed by atoms with van der Waals surface area (Å²) in [6, 6.07) is 13.8. The Kier molecular flexibility index (Phi) is 5.27. The van der Waals surface area contributed by atoms with Crippen LogP contribution in [0.25, 0.3) is 22.5 Å². The van der Waals surface area contributed by atoms with E-state index < -0.39 is 0 Å². The van der Waals surface area contributed by atoms with Crippen LogP contribution in [0.5, 0.6) is 0 Å². The van der Waals surface area contributed by atoms with Crippen molar-refractivity contribution in [2.75, 3.05) is 4.90 Å². The van der Waals surface area contributed by atoms with Crippen molar-refractivity contribution in [3.8, 4) is 22.5 Å². The maximum atomic E-state index is 12.8. The van der Waals surface area contributed by atoms with Crippen molar-refractivity contribution in [1.82, 2.24) is 15.0 Å². The van der Waals surface area contributed by atoms with E-state index in [0.29, 0.717) is 16.7 Å². The minimum atomic E-state index is -0.0241. The lowest BCUT2D eigenvalue weighted by molar-refractivity contribution is -0.117. The van der Waals surface area contributed by atoms with Crippen LogP contribution in [-0.4, -0.2) is 20.9 Å². The molecule has 0 aliphatic rings. The topological polar surface area (TPSA) is 59.0 Å². The van der Waals surface area contributed by atoms with Crippen molar-refractivity contribution in [2.45, 2.75) is 20.3 Å². The molecule has 0 saturated carbocycles. The molecule has 0 unspecified atom stereocenters. The molecule has 0 N–H and O–H groups in total. The van der Waals surface area contributed by atoms with Crippen LogP contribution in [0.4, 0.5) is 10.3 Å². The van der Waals surface area contributed by atoms with Gasteiger partial charge in [0.25, 0.3) is 0 Å². The number of amides is 1. The summed E-state index contributed by atoms with van der Waals surface area (Å²) >= 11 is 2.95. The predicted octanol–water partition coefficient (Wildman–Crippen LogP) is 5.71. The molecule has 0 spiro atoms. The zero-order chi connectivity index (χ0) is 19.5. The van der Waals surface area contributed by atoms with E-state index in [0.717, 1.165) is 27.4 Å². The Hall–Kier alpha value is -2.90. The van der Waals surface area contributed by atoms with Crippen LogP contribution in [0, 0.1) is 6.92 Å². The molecular formula is C21H18N4OS2. The van der Waals surface area contributed by atoms with Gasteiger partial charge >= 0.3 is 0 Å². The van der Waals surface area contributed by atoms with Crippen molar-refractivity contribution in [2.24, 2.45) is 0 Å². The quantitative estimate of drug-likeness (QED) is 0.426. The van der Waals surface area contributed by atoms with Crippen molar-refractivity contribution in [1.29, 1.82) is 0 Å². The Bertz CT molecular complexity index is 1090. The molecule has 0 atom stereocenters. The fourth-order valence-corrected chi connectivity index (χ4v) is 4.68. The fourth-order valence-electron chi connectivity index (χ4n) is 2.82. The van der Waals surface area contributed by atoms with E-state index in [1.807, 2.05) is 61.7 Å². The number of benzene rings is 1. The van der Waals surface area contributed by atoms with E-state index in [1.54, 1.807) is 17.3 Å². The summed E-state index contributed by atoms with van der Waals surface area (Å²) in [7, 11) is 0. The third kappa shape index (κ3) is 3.58. The van der Waals surface area contributed by atoms with Gasteiger partial charge in [-0.05, 0) is 19.1 Å². The minimum Gasteiger partial charge on any atom is -0.274 e. The lowest BCUT2D eigenvalue weighted by Crippen LogP contribution is -2.24. The molecule has 0 aliphatic carbocycles. The smallest absolute Gasteiger partial charge is 0.234 e. The number of rotatable bonds is 5. The van der Waals surface area contributed by atoms with Gasteiger partial charge in [0.2, 0.25) is 5.91 Å². The van der Waals surface area contributed by atoms with Gasteiger partial charge in [0.05, 0.1) is 11.4 Å². The Morgan fingerprint density at radius 1 is 1.00 bits per heavy atom. The molecule has 28 heavy (non-hydrogen) atoms. The van der Waals surface area contributed by atoms with E-state index in [-0.39, 0.29) is 5.91 Å². The molecule has 4 rings (SSSR count). The second-order valence-electron chi connectivity index (χ2n) is 6.10. The van der Waals surface area contributed by atoms with Gasteiger partial charge in [-0.25, -0.2) is 14.9 Å². The molecule has 1 aromatic carbocycles. The molecule has 0 bridgehead atoms. The van der Waals surface area contributed by atoms with Gasteiger partial charge in [-0.1, -0.05) is 37.3 Å². The Morgan fingerprint density at radius 3 is 2.46 bits per heavy atom. The molecule has 140 valence electrons. The number of carbonyl (C=O) groups excluding carboxylic acids is 1. The minimum absolute atomic E-state index is 0.0241. The second kappa shape index (κ2) is 8.00. The number of anilines is 2. The van der Waals surface area contributed by atoms with Gasteiger partial charge in [0.1, 0.15) is 0 Å². The van der Waals surface area contributed by atoms with E-state index >= 15 is 0 Å². The number of aryl methyl sites for hydroxylation is 1. The monoisotopic (exact) mass is 406 g/mol. The van der Waals surface area contributed by atoms with Crippen LogP contribution in [0.15, 0.2) is 60.2 Å². The van der Waals surface area contributed by atoms with Crippen LogP contribution in [0.1, 0.15) is 18.2 Å². The predicted molar refractivity (Wildman–Crippen MR) is 115 cm³/mol. The number of nitrogens with zero attached hydrogens (tertiary/aromatic N) is 4. The van der Waals surface area contributed by atoms with Crippen LogP contribution < -0.4 is 4.90 Å². The molecule has 5 nitrogen and oxygen atoms in total. The maximum absolute atomic E-state index is 12.8. The summed E-state index contributed by atoms with van der Waals surface area (Å²) < 4.78 is 0. The molecule has 0 radical (unpaired) electrons. The molecule has 1 amide bonds. The largest absolute Gasteiger partial charge is 0.274 e. The normalized spacial score (nSPS) is 10.8. The fraction of sp³-hybridized carbons (Fsp3) is 0.143. The van der Waals surface area contributed by atoms with E-state index in [2.05, 4.69) is 4.98 Å². The van der Waals surface area contributed by atoms with E-state index in [4.69, 9.17) is 9.97 Å². The Balaban J connectivity index is 1.74. The highest BCUT2D eigenvalue weighted by Gasteiger charge is 2.24. The first-order valence-corrected chi connectivity index (χ1v) is 10.6. The highest BCUT2D eigenvalue weighted by Crippen LogP contribution is 2.38. The maximum Gasteiger partial charge on any atom is 0.234 e. The molecule has 4 aromatic rings. The third-order valence-electron chi connectivity index (χ3n) is 4.24. The molecule has 7 heteroatoms. The summed E-state index contributed by atoms with van der Waals surface area (Å²) in [6.45, 7) is 3.87. The molecular weight excluding hydrogens is 388 g/mol. The van der Waals surface area contributed by atoms with Crippen LogP contribution >= 0.6 is 22.7 Å². The number of pyridine rings is 1. The summed E-state index contributed by atoms with van der Waals surface area (Å²) in [5.41, 5.74) is 3.75. The van der Waals surface area contributed by atoms with Gasteiger partial charge in [-0.2, -0.15) is 0 Å². The molecule has 0 saturated heterocycles. The average Bonchev–Trinajstić information content (AvgIpc) is 3.37. The average molecular weight is 407 g/mol. The van der Waals surface area contributed by atoms with Crippen LogP contribution in [0.3, 0.4) is 0 Å². The van der Waals surface area contributed by atoms with Gasteiger partial charge in [-0.15, -0.1) is 22.7 Å². The van der Waals surface area contributed by atoms with Gasteiger partial charge in [-0.3, -0.25) is 9.78 Å². The van der Waals surface area contributed by atoms with Crippen molar-refractivity contribution in [3.63, 3.8) is 0 Å². The zero-order valence-corrected chi connectivity index (χ0v) is 17.1. The first kappa shape index (κ1) is 18.5. The van der Waals surface area contributed by atoms with Crippen molar-refractivity contribution < 1.29 is 4.79 Å². The number of thiazole rings is 2. The summed E-state index contributed by atoms with van der Waals surface area (Å²) in [6.07, 6.45) is 3.87. The van der Waals surface area contributed by atoms with Crippen molar-refractivity contribution in [3.05, 3.63) is 65.1 Å². The zero-order valence-electron chi connectivity index (χ0n) is 15.5. The summed E-state index contributed by atoms with van der Waals surface area (Å²) in [5, 5.41) is 3.26. The number of hydrogen-bond acceptors (Lipinski definition) is 6. The van der Waals surface area contributed by atoms with Gasteiger partial charge < -0.3 is 0 Å². The molecule has 0 fully saturated rings. The first-order valence-electron chi connectivity index (χ1n) is 8.89. The first-order chi connectivity index (χ1) is 13.7. The summed E-state index contributed by atoms with van der Waals surface area (Å²) in [4.78, 5) is 29.0. The van der Waals surface area contributed by atoms with Crippen molar-refractivity contribution >= 4 is 38.8 Å². The molecule has 0 aliphatic heterocycles. The second-order valence-corrected chi connectivity index (χ2v) is 8.12. The third-order valence-corrected chi connectivity index (χ3v) is 6.02. The highest BCUT2D eigenvalue weighted by molar-refractivity contribution is 7.17. The lowest BCUT2D eigenvalue weighted by Gasteiger charge is -2.15. The van der Waals surface area contributed by atoms with Crippen LogP contribution in [-0.2, 0) is 4.79 Å². The summed E-state index contributed by atoms with van der Waals surface area (Å²) in [5.74, 6) is -0.0241. The number of carbonyl (C=O) groups is 1. The Labute approximate surface area is 171 Å². The van der Waals surface area contributed by atoms with E-state index in [9.17, 15) is 4.79 Å². The Morgan fingerprint density at radius 2 is 1.75 bits per heavy atom. The van der Waals surface area contributed by atoms with Crippen LogP contribution in [0.2, 0.25) is 0 Å². The van der Waals surface area contributed by atoms with Gasteiger partial charge in [0, 0.05) is 40.2 Å². The number of hydrogen-bond donors (Lipinski definition) is 0.